The second-order valence-electron chi connectivity index (χ2n) is 3.29. The molecular weight excluding hydrogens is 206 g/mol. The van der Waals surface area contributed by atoms with Crippen molar-refractivity contribution in [1.29, 1.82) is 0 Å². The molecule has 0 atom stereocenters. The molecule has 0 radical (unpaired) electrons. The number of nitrogen functional groups attached to an aromatic ring is 1. The first-order valence-electron chi connectivity index (χ1n) is 4.79. The topological polar surface area (TPSA) is 93.7 Å². The number of nitrogens with zero attached hydrogens (tertiary/aromatic N) is 4. The van der Waals surface area contributed by atoms with Crippen molar-refractivity contribution in [2.45, 2.75) is 6.54 Å². The van der Waals surface area contributed by atoms with Crippen LogP contribution in [-0.2, 0) is 13.6 Å². The van der Waals surface area contributed by atoms with E-state index >= 15 is 0 Å². The van der Waals surface area contributed by atoms with Crippen molar-refractivity contribution in [3.05, 3.63) is 30.2 Å². The lowest BCUT2D eigenvalue weighted by Crippen LogP contribution is -2.11. The smallest absolute Gasteiger partial charge is 0.239 e. The van der Waals surface area contributed by atoms with Gasteiger partial charge in [-0.3, -0.25) is 10.1 Å². The zero-order chi connectivity index (χ0) is 11.4. The minimum absolute atomic E-state index is 0.385. The van der Waals surface area contributed by atoms with E-state index < -0.39 is 0 Å². The van der Waals surface area contributed by atoms with E-state index in [0.29, 0.717) is 18.3 Å². The van der Waals surface area contributed by atoms with Gasteiger partial charge in [0.1, 0.15) is 5.82 Å². The van der Waals surface area contributed by atoms with Crippen molar-refractivity contribution >= 4 is 11.8 Å². The second-order valence-corrected chi connectivity index (χ2v) is 3.29. The fourth-order valence-electron chi connectivity index (χ4n) is 1.28. The maximum absolute atomic E-state index is 5.21. The molecule has 0 aliphatic heterocycles. The van der Waals surface area contributed by atoms with Gasteiger partial charge in [-0.05, 0) is 6.07 Å². The van der Waals surface area contributed by atoms with Crippen LogP contribution >= 0.6 is 0 Å². The first-order valence-corrected chi connectivity index (χ1v) is 4.79. The predicted octanol–water partition coefficient (Wildman–Crippen LogP) is 0.108. The molecule has 2 aromatic rings. The van der Waals surface area contributed by atoms with E-state index in [4.69, 9.17) is 5.84 Å². The van der Waals surface area contributed by atoms with Crippen LogP contribution in [0.5, 0.6) is 0 Å². The molecule has 0 saturated heterocycles. The summed E-state index contributed by atoms with van der Waals surface area (Å²) in [6, 6.07) is 1.78. The monoisotopic (exact) mass is 219 g/mol. The summed E-state index contributed by atoms with van der Waals surface area (Å²) in [4.78, 5) is 8.04. The molecule has 0 aliphatic carbocycles. The molecule has 0 unspecified atom stereocenters. The van der Waals surface area contributed by atoms with Gasteiger partial charge < -0.3 is 5.32 Å². The summed E-state index contributed by atoms with van der Waals surface area (Å²) >= 11 is 0. The van der Waals surface area contributed by atoms with Gasteiger partial charge in [0.05, 0.1) is 6.20 Å². The fraction of sp³-hybridized carbons (Fsp3) is 0.222. The summed E-state index contributed by atoms with van der Waals surface area (Å²) in [5.74, 6) is 6.31. The van der Waals surface area contributed by atoms with E-state index in [1.807, 2.05) is 13.2 Å². The Morgan fingerprint density at radius 1 is 1.50 bits per heavy atom. The third kappa shape index (κ3) is 2.45. The highest BCUT2D eigenvalue weighted by atomic mass is 15.3. The maximum Gasteiger partial charge on any atom is 0.239 e. The summed E-state index contributed by atoms with van der Waals surface area (Å²) in [7, 11) is 1.88. The number of aromatic nitrogens is 4. The van der Waals surface area contributed by atoms with Gasteiger partial charge in [-0.2, -0.15) is 10.1 Å². The summed E-state index contributed by atoms with van der Waals surface area (Å²) < 4.78 is 1.75. The van der Waals surface area contributed by atoms with Gasteiger partial charge in [-0.25, -0.2) is 10.8 Å². The van der Waals surface area contributed by atoms with Crippen molar-refractivity contribution in [2.75, 3.05) is 10.7 Å². The summed E-state index contributed by atoms with van der Waals surface area (Å²) in [5, 5.41) is 7.22. The van der Waals surface area contributed by atoms with Crippen LogP contribution in [0.25, 0.3) is 0 Å². The van der Waals surface area contributed by atoms with E-state index in [0.717, 1.165) is 5.56 Å². The van der Waals surface area contributed by atoms with Crippen LogP contribution in [0.2, 0.25) is 0 Å². The van der Waals surface area contributed by atoms with Gasteiger partial charge in [0, 0.05) is 31.5 Å². The van der Waals surface area contributed by atoms with Gasteiger partial charge in [0.15, 0.2) is 0 Å². The Bertz CT molecular complexity index is 464. The molecule has 7 heteroatoms. The molecule has 0 bridgehead atoms. The van der Waals surface area contributed by atoms with Crippen LogP contribution in [0.15, 0.2) is 24.7 Å². The van der Waals surface area contributed by atoms with Crippen LogP contribution in [0, 0.1) is 0 Å². The van der Waals surface area contributed by atoms with Gasteiger partial charge >= 0.3 is 0 Å². The molecule has 2 rings (SSSR count). The fourth-order valence-corrected chi connectivity index (χ4v) is 1.28. The number of hydrogen-bond donors (Lipinski definition) is 3. The Labute approximate surface area is 92.7 Å². The molecule has 0 aromatic carbocycles. The van der Waals surface area contributed by atoms with Gasteiger partial charge in [-0.15, -0.1) is 0 Å². The molecule has 2 heterocycles. The maximum atomic E-state index is 5.21. The van der Waals surface area contributed by atoms with Crippen molar-refractivity contribution in [2.24, 2.45) is 12.9 Å². The van der Waals surface area contributed by atoms with Crippen LogP contribution < -0.4 is 16.6 Å². The van der Waals surface area contributed by atoms with E-state index in [1.54, 1.807) is 23.1 Å². The molecule has 0 spiro atoms. The zero-order valence-electron chi connectivity index (χ0n) is 8.88. The number of anilines is 2. The molecule has 84 valence electrons. The van der Waals surface area contributed by atoms with Gasteiger partial charge in [-0.1, -0.05) is 0 Å². The van der Waals surface area contributed by atoms with Crippen LogP contribution in [0.3, 0.4) is 0 Å². The van der Waals surface area contributed by atoms with Crippen LogP contribution in [0.1, 0.15) is 5.56 Å². The third-order valence-corrected chi connectivity index (χ3v) is 2.02. The molecule has 0 fully saturated rings. The number of nitrogens with one attached hydrogen (secondary N) is 2. The lowest BCUT2D eigenvalue weighted by molar-refractivity contribution is 0.767. The average Bonchev–Trinajstić information content (AvgIpc) is 2.73. The summed E-state index contributed by atoms with van der Waals surface area (Å²) in [6.45, 7) is 0.662. The normalized spacial score (nSPS) is 10.1. The lowest BCUT2D eigenvalue weighted by Gasteiger charge is -2.04. The molecule has 0 saturated carbocycles. The van der Waals surface area contributed by atoms with E-state index in [2.05, 4.69) is 25.8 Å². The zero-order valence-corrected chi connectivity index (χ0v) is 8.88. The van der Waals surface area contributed by atoms with Crippen LogP contribution in [-0.4, -0.2) is 19.7 Å². The minimum atomic E-state index is 0.385. The SMILES string of the molecule is Cn1cc(CNc2ccnc(NN)n2)cn1. The standard InChI is InChI=1S/C9H13N7/c1-16-6-7(5-13-16)4-12-8-2-3-11-9(14-8)15-10/h2-3,5-6H,4,10H2,1H3,(H2,11,12,14,15). The molecule has 2 aromatic heterocycles. The molecule has 16 heavy (non-hydrogen) atoms. The highest BCUT2D eigenvalue weighted by molar-refractivity contribution is 5.39. The predicted molar refractivity (Wildman–Crippen MR) is 60.4 cm³/mol. The Hall–Kier alpha value is -2.15. The summed E-state index contributed by atoms with van der Waals surface area (Å²) in [5.41, 5.74) is 3.48. The van der Waals surface area contributed by atoms with E-state index in [9.17, 15) is 0 Å². The number of nitrogens with two attached hydrogens (primary N) is 1. The molecule has 7 nitrogen and oxygen atoms in total. The highest BCUT2D eigenvalue weighted by Crippen LogP contribution is 2.06. The lowest BCUT2D eigenvalue weighted by atomic mass is 10.3. The van der Waals surface area contributed by atoms with Gasteiger partial charge in [0.25, 0.3) is 0 Å². The number of aryl methyl sites for hydroxylation is 1. The number of hydrazine groups is 1. The first-order chi connectivity index (χ1) is 7.78. The quantitative estimate of drug-likeness (QED) is 0.499. The van der Waals surface area contributed by atoms with Crippen molar-refractivity contribution in [3.63, 3.8) is 0 Å². The average molecular weight is 219 g/mol. The van der Waals surface area contributed by atoms with E-state index in [1.165, 1.54) is 0 Å². The van der Waals surface area contributed by atoms with Crippen molar-refractivity contribution < 1.29 is 0 Å². The Morgan fingerprint density at radius 2 is 2.38 bits per heavy atom. The Morgan fingerprint density at radius 3 is 3.06 bits per heavy atom. The number of hydrogen-bond acceptors (Lipinski definition) is 6. The largest absolute Gasteiger partial charge is 0.366 e. The van der Waals surface area contributed by atoms with Crippen molar-refractivity contribution in [3.8, 4) is 0 Å². The summed E-state index contributed by atoms with van der Waals surface area (Å²) in [6.07, 6.45) is 5.38. The van der Waals surface area contributed by atoms with Crippen molar-refractivity contribution in [1.82, 2.24) is 19.7 Å². The Kier molecular flexibility index (Phi) is 2.97. The third-order valence-electron chi connectivity index (χ3n) is 2.02. The van der Waals surface area contributed by atoms with Gasteiger partial charge in [0.2, 0.25) is 5.95 Å². The number of rotatable bonds is 4. The Balaban J connectivity index is 1.99. The highest BCUT2D eigenvalue weighted by Gasteiger charge is 1.99. The molecule has 0 amide bonds. The second kappa shape index (κ2) is 4.58. The van der Waals surface area contributed by atoms with E-state index in [-0.39, 0.29) is 0 Å². The molecule has 0 aliphatic rings. The van der Waals surface area contributed by atoms with Crippen LogP contribution in [0.4, 0.5) is 11.8 Å². The molecular formula is C9H13N7. The molecule has 4 N–H and O–H groups in total. The first kappa shape index (κ1) is 10.4. The minimum Gasteiger partial charge on any atom is -0.366 e.